The van der Waals surface area contributed by atoms with Crippen molar-refractivity contribution in [2.45, 2.75) is 17.4 Å². The maximum Gasteiger partial charge on any atom is 0.316 e. The van der Waals surface area contributed by atoms with E-state index in [1.807, 2.05) is 36.4 Å². The van der Waals surface area contributed by atoms with Crippen molar-refractivity contribution in [1.82, 2.24) is 5.32 Å². The third kappa shape index (κ3) is 5.16. The van der Waals surface area contributed by atoms with Crippen LogP contribution in [-0.2, 0) is 14.3 Å². The van der Waals surface area contributed by atoms with Gasteiger partial charge in [0, 0.05) is 21.9 Å². The summed E-state index contributed by atoms with van der Waals surface area (Å²) in [6.45, 7) is 0.249. The predicted molar refractivity (Wildman–Crippen MR) is 101 cm³/mol. The number of esters is 1. The maximum atomic E-state index is 12.1. The number of ether oxygens (including phenoxy) is 2. The van der Waals surface area contributed by atoms with Gasteiger partial charge in [-0.3, -0.25) is 9.59 Å². The average molecular weight is 392 g/mol. The van der Waals surface area contributed by atoms with Crippen molar-refractivity contribution in [2.75, 3.05) is 19.0 Å². The van der Waals surface area contributed by atoms with E-state index < -0.39 is 5.97 Å². The van der Waals surface area contributed by atoms with Crippen LogP contribution in [0.5, 0.6) is 5.75 Å². The lowest BCUT2D eigenvalue weighted by Gasteiger charge is -2.26. The first-order valence-electron chi connectivity index (χ1n) is 8.17. The van der Waals surface area contributed by atoms with Gasteiger partial charge in [0.25, 0.3) is 5.91 Å². The monoisotopic (exact) mass is 391 g/mol. The number of amides is 1. The fourth-order valence-electron chi connectivity index (χ4n) is 2.59. The van der Waals surface area contributed by atoms with E-state index in [2.05, 4.69) is 5.32 Å². The summed E-state index contributed by atoms with van der Waals surface area (Å²) in [6.07, 6.45) is 0.684. The topological polar surface area (TPSA) is 64.6 Å². The molecule has 1 unspecified atom stereocenters. The van der Waals surface area contributed by atoms with Gasteiger partial charge in [0.15, 0.2) is 6.61 Å². The molecule has 26 heavy (non-hydrogen) atoms. The number of benzene rings is 2. The average Bonchev–Trinajstić information content (AvgIpc) is 2.66. The summed E-state index contributed by atoms with van der Waals surface area (Å²) in [6, 6.07) is 14.6. The van der Waals surface area contributed by atoms with Crippen LogP contribution < -0.4 is 10.1 Å². The smallest absolute Gasteiger partial charge is 0.316 e. The molecule has 0 spiro atoms. The van der Waals surface area contributed by atoms with E-state index in [1.165, 1.54) is 11.8 Å². The number of hydrogen-bond acceptors (Lipinski definition) is 5. The highest BCUT2D eigenvalue weighted by molar-refractivity contribution is 8.00. The zero-order valence-electron chi connectivity index (χ0n) is 13.9. The molecule has 1 amide bonds. The largest absolute Gasteiger partial charge is 0.493 e. The van der Waals surface area contributed by atoms with Gasteiger partial charge in [-0.25, -0.2) is 0 Å². The zero-order valence-corrected chi connectivity index (χ0v) is 15.5. The molecular weight excluding hydrogens is 374 g/mol. The third-order valence-corrected chi connectivity index (χ3v) is 5.07. The fraction of sp³-hybridized carbons (Fsp3) is 0.263. The van der Waals surface area contributed by atoms with Gasteiger partial charge in [0.2, 0.25) is 0 Å². The lowest BCUT2D eigenvalue weighted by atomic mass is 10.0. The molecule has 7 heteroatoms. The summed E-state index contributed by atoms with van der Waals surface area (Å²) in [5, 5.41) is 3.53. The lowest BCUT2D eigenvalue weighted by molar-refractivity contribution is -0.146. The summed E-state index contributed by atoms with van der Waals surface area (Å²) in [5.41, 5.74) is 0.941. The maximum absolute atomic E-state index is 12.1. The number of carbonyl (C=O) groups is 2. The van der Waals surface area contributed by atoms with Crippen LogP contribution in [0, 0.1) is 0 Å². The Hall–Kier alpha value is -2.18. The molecule has 3 rings (SSSR count). The summed E-state index contributed by atoms with van der Waals surface area (Å²) < 4.78 is 10.6. The molecule has 5 nitrogen and oxygen atoms in total. The van der Waals surface area contributed by atoms with E-state index in [1.54, 1.807) is 12.1 Å². The molecule has 1 aliphatic heterocycles. The Bertz CT molecular complexity index is 781. The zero-order chi connectivity index (χ0) is 18.4. The highest BCUT2D eigenvalue weighted by Crippen LogP contribution is 2.31. The molecule has 0 saturated heterocycles. The molecule has 0 aliphatic carbocycles. The van der Waals surface area contributed by atoms with Crippen molar-refractivity contribution in [1.29, 1.82) is 0 Å². The SMILES string of the molecule is O=C(COC(=O)CSc1ccc(Cl)cc1)NC1CCOc2ccccc21. The number of thioether (sulfide) groups is 1. The van der Waals surface area contributed by atoms with Gasteiger partial charge in [0.1, 0.15) is 5.75 Å². The molecule has 0 bridgehead atoms. The number of nitrogens with one attached hydrogen (secondary N) is 1. The fourth-order valence-corrected chi connectivity index (χ4v) is 3.41. The second-order valence-electron chi connectivity index (χ2n) is 5.70. The van der Waals surface area contributed by atoms with Crippen LogP contribution in [0.2, 0.25) is 5.02 Å². The van der Waals surface area contributed by atoms with Gasteiger partial charge in [-0.05, 0) is 30.3 Å². The minimum atomic E-state index is -0.438. The molecule has 0 fully saturated rings. The summed E-state index contributed by atoms with van der Waals surface area (Å²) in [4.78, 5) is 24.8. The summed E-state index contributed by atoms with van der Waals surface area (Å²) in [7, 11) is 0. The van der Waals surface area contributed by atoms with E-state index in [4.69, 9.17) is 21.1 Å². The quantitative estimate of drug-likeness (QED) is 0.602. The Morgan fingerprint density at radius 3 is 2.77 bits per heavy atom. The second-order valence-corrected chi connectivity index (χ2v) is 7.18. The van der Waals surface area contributed by atoms with Crippen molar-refractivity contribution in [2.24, 2.45) is 0 Å². The van der Waals surface area contributed by atoms with E-state index in [0.717, 1.165) is 16.2 Å². The van der Waals surface area contributed by atoms with E-state index in [0.29, 0.717) is 18.1 Å². The van der Waals surface area contributed by atoms with Crippen LogP contribution in [0.1, 0.15) is 18.0 Å². The number of para-hydroxylation sites is 1. The Morgan fingerprint density at radius 2 is 1.96 bits per heavy atom. The molecule has 2 aromatic carbocycles. The summed E-state index contributed by atoms with van der Waals surface area (Å²) >= 11 is 7.15. The lowest BCUT2D eigenvalue weighted by Crippen LogP contribution is -2.35. The van der Waals surface area contributed by atoms with Gasteiger partial charge in [-0.2, -0.15) is 0 Å². The molecule has 0 aromatic heterocycles. The normalized spacial score (nSPS) is 15.5. The Morgan fingerprint density at radius 1 is 1.19 bits per heavy atom. The van der Waals surface area contributed by atoms with Crippen LogP contribution in [0.4, 0.5) is 0 Å². The van der Waals surface area contributed by atoms with Gasteiger partial charge >= 0.3 is 5.97 Å². The first-order chi connectivity index (χ1) is 12.6. The molecule has 1 N–H and O–H groups in total. The Kier molecular flexibility index (Phi) is 6.41. The highest BCUT2D eigenvalue weighted by atomic mass is 35.5. The number of carbonyl (C=O) groups excluding carboxylic acids is 2. The molecular formula is C19H18ClNO4S. The van der Waals surface area contributed by atoms with Crippen molar-refractivity contribution in [3.05, 3.63) is 59.1 Å². The Labute approximate surface area is 161 Å². The molecule has 1 aliphatic rings. The number of fused-ring (bicyclic) bond motifs is 1. The van der Waals surface area contributed by atoms with Crippen molar-refractivity contribution < 1.29 is 19.1 Å². The van der Waals surface area contributed by atoms with Crippen molar-refractivity contribution >= 4 is 35.2 Å². The van der Waals surface area contributed by atoms with E-state index in [-0.39, 0.29) is 24.3 Å². The molecule has 1 heterocycles. The molecule has 0 saturated carbocycles. The minimum absolute atomic E-state index is 0.130. The molecule has 2 aromatic rings. The highest BCUT2D eigenvalue weighted by Gasteiger charge is 2.22. The van der Waals surface area contributed by atoms with Crippen LogP contribution >= 0.6 is 23.4 Å². The first-order valence-corrected chi connectivity index (χ1v) is 9.53. The third-order valence-electron chi connectivity index (χ3n) is 3.83. The van der Waals surface area contributed by atoms with Crippen LogP contribution in [0.3, 0.4) is 0 Å². The molecule has 136 valence electrons. The number of rotatable bonds is 6. The van der Waals surface area contributed by atoms with Gasteiger partial charge in [0.05, 0.1) is 18.4 Å². The second kappa shape index (κ2) is 8.96. The number of hydrogen-bond donors (Lipinski definition) is 1. The van der Waals surface area contributed by atoms with Gasteiger partial charge < -0.3 is 14.8 Å². The van der Waals surface area contributed by atoms with Crippen LogP contribution in [0.25, 0.3) is 0 Å². The van der Waals surface area contributed by atoms with Gasteiger partial charge in [-0.15, -0.1) is 11.8 Å². The van der Waals surface area contributed by atoms with Crippen molar-refractivity contribution in [3.63, 3.8) is 0 Å². The number of halogens is 1. The standard InChI is InChI=1S/C19H18ClNO4S/c20-13-5-7-14(8-6-13)26-12-19(23)25-11-18(22)21-16-9-10-24-17-4-2-1-3-15(16)17/h1-8,16H,9-12H2,(H,21,22). The predicted octanol–water partition coefficient (Wildman–Crippen LogP) is 3.62. The van der Waals surface area contributed by atoms with Crippen LogP contribution in [-0.4, -0.2) is 30.8 Å². The minimum Gasteiger partial charge on any atom is -0.493 e. The van der Waals surface area contributed by atoms with E-state index >= 15 is 0 Å². The summed E-state index contributed by atoms with van der Waals surface area (Å²) in [5.74, 6) is 0.152. The Balaban J connectivity index is 1.43. The van der Waals surface area contributed by atoms with Crippen molar-refractivity contribution in [3.8, 4) is 5.75 Å². The molecule has 1 atom stereocenters. The van der Waals surface area contributed by atoms with E-state index in [9.17, 15) is 9.59 Å². The first kappa shape index (κ1) is 18.6. The van der Waals surface area contributed by atoms with Crippen LogP contribution in [0.15, 0.2) is 53.4 Å². The van der Waals surface area contributed by atoms with Gasteiger partial charge in [-0.1, -0.05) is 29.8 Å². The molecule has 0 radical (unpaired) electrons.